The summed E-state index contributed by atoms with van der Waals surface area (Å²) < 4.78 is 0. The van der Waals surface area contributed by atoms with E-state index in [1.807, 2.05) is 18.4 Å². The fraction of sp³-hybridized carbons (Fsp3) is 0.250. The predicted octanol–water partition coefficient (Wildman–Crippen LogP) is 2.94. The van der Waals surface area contributed by atoms with Gasteiger partial charge in [-0.05, 0) is 19.9 Å². The zero-order valence-corrected chi connectivity index (χ0v) is 11.7. The van der Waals surface area contributed by atoms with Gasteiger partial charge in [0.1, 0.15) is 16.5 Å². The average molecular weight is 276 g/mol. The summed E-state index contributed by atoms with van der Waals surface area (Å²) in [6.45, 7) is 4.05. The molecule has 0 radical (unpaired) electrons. The molecule has 0 saturated heterocycles. The number of thiophene rings is 1. The highest BCUT2D eigenvalue weighted by Gasteiger charge is 2.09. The van der Waals surface area contributed by atoms with Crippen LogP contribution in [0, 0.1) is 13.8 Å². The van der Waals surface area contributed by atoms with Crippen molar-refractivity contribution in [2.24, 2.45) is 0 Å². The molecule has 0 unspecified atom stereocenters. The SMILES string of the molecule is Cc1cc2c(N)nc(Cc3csc(C)n3)nc2s1. The van der Waals surface area contributed by atoms with Crippen molar-refractivity contribution in [1.29, 1.82) is 0 Å². The third-order valence-corrected chi connectivity index (χ3v) is 4.36. The van der Waals surface area contributed by atoms with Gasteiger partial charge in [-0.15, -0.1) is 22.7 Å². The summed E-state index contributed by atoms with van der Waals surface area (Å²) in [7, 11) is 0. The molecule has 0 spiro atoms. The zero-order valence-electron chi connectivity index (χ0n) is 10.1. The molecule has 0 bridgehead atoms. The number of thiazole rings is 1. The molecule has 3 aromatic rings. The van der Waals surface area contributed by atoms with Crippen LogP contribution in [0.4, 0.5) is 5.82 Å². The van der Waals surface area contributed by atoms with Crippen LogP contribution in [0.5, 0.6) is 0 Å². The summed E-state index contributed by atoms with van der Waals surface area (Å²) in [5, 5.41) is 4.06. The monoisotopic (exact) mass is 276 g/mol. The molecule has 2 N–H and O–H groups in total. The minimum absolute atomic E-state index is 0.561. The summed E-state index contributed by atoms with van der Waals surface area (Å²) >= 11 is 3.29. The normalized spacial score (nSPS) is 11.2. The fourth-order valence-electron chi connectivity index (χ4n) is 1.84. The molecule has 0 aliphatic carbocycles. The molecule has 6 heteroatoms. The Labute approximate surface area is 113 Å². The maximum Gasteiger partial charge on any atom is 0.138 e. The van der Waals surface area contributed by atoms with Gasteiger partial charge in [-0.1, -0.05) is 0 Å². The maximum absolute atomic E-state index is 5.97. The summed E-state index contributed by atoms with van der Waals surface area (Å²) in [5.41, 5.74) is 6.97. The molecular formula is C12H12N4S2. The lowest BCUT2D eigenvalue weighted by atomic mass is 10.3. The summed E-state index contributed by atoms with van der Waals surface area (Å²) in [5.74, 6) is 1.30. The minimum Gasteiger partial charge on any atom is -0.383 e. The van der Waals surface area contributed by atoms with Crippen LogP contribution in [0.1, 0.15) is 21.4 Å². The van der Waals surface area contributed by atoms with Crippen LogP contribution in [-0.2, 0) is 6.42 Å². The molecule has 0 amide bonds. The van der Waals surface area contributed by atoms with Gasteiger partial charge in [0.15, 0.2) is 0 Å². The number of nitrogens with two attached hydrogens (primary N) is 1. The summed E-state index contributed by atoms with van der Waals surface area (Å²) in [6, 6.07) is 2.03. The van der Waals surface area contributed by atoms with E-state index in [2.05, 4.69) is 21.9 Å². The Bertz CT molecular complexity index is 714. The number of anilines is 1. The number of nitrogen functional groups attached to an aromatic ring is 1. The van der Waals surface area contributed by atoms with Crippen molar-refractivity contribution in [1.82, 2.24) is 15.0 Å². The van der Waals surface area contributed by atoms with Gasteiger partial charge >= 0.3 is 0 Å². The molecule has 3 rings (SSSR count). The number of fused-ring (bicyclic) bond motifs is 1. The molecule has 4 nitrogen and oxygen atoms in total. The largest absolute Gasteiger partial charge is 0.383 e. The maximum atomic E-state index is 5.97. The van der Waals surface area contributed by atoms with Gasteiger partial charge in [0.25, 0.3) is 0 Å². The standard InChI is InChI=1S/C12H12N4S2/c1-6-3-9-11(13)15-10(16-12(9)18-6)4-8-5-17-7(2)14-8/h3,5H,4H2,1-2H3,(H2,13,15,16). The fourth-order valence-corrected chi connectivity index (χ4v) is 3.36. The summed E-state index contributed by atoms with van der Waals surface area (Å²) in [4.78, 5) is 15.5. The van der Waals surface area contributed by atoms with Gasteiger partial charge in [0.05, 0.1) is 22.5 Å². The predicted molar refractivity (Wildman–Crippen MR) is 76.2 cm³/mol. The van der Waals surface area contributed by atoms with Crippen LogP contribution >= 0.6 is 22.7 Å². The topological polar surface area (TPSA) is 64.7 Å². The van der Waals surface area contributed by atoms with Gasteiger partial charge in [-0.3, -0.25) is 0 Å². The lowest BCUT2D eigenvalue weighted by Gasteiger charge is -2.00. The van der Waals surface area contributed by atoms with Crippen molar-refractivity contribution in [3.05, 3.63) is 32.8 Å². The van der Waals surface area contributed by atoms with Crippen LogP contribution in [0.15, 0.2) is 11.4 Å². The van der Waals surface area contributed by atoms with E-state index in [1.54, 1.807) is 22.7 Å². The molecule has 0 aromatic carbocycles. The third kappa shape index (κ3) is 2.09. The Morgan fingerprint density at radius 2 is 2.06 bits per heavy atom. The van der Waals surface area contributed by atoms with Gasteiger partial charge in [-0.25, -0.2) is 15.0 Å². The van der Waals surface area contributed by atoms with Crippen LogP contribution in [-0.4, -0.2) is 15.0 Å². The Morgan fingerprint density at radius 3 is 2.78 bits per heavy atom. The Morgan fingerprint density at radius 1 is 1.22 bits per heavy atom. The Kier molecular flexibility index (Phi) is 2.76. The van der Waals surface area contributed by atoms with E-state index in [4.69, 9.17) is 5.73 Å². The first-order valence-electron chi connectivity index (χ1n) is 5.55. The first kappa shape index (κ1) is 11.6. The Balaban J connectivity index is 2.02. The molecular weight excluding hydrogens is 264 g/mol. The third-order valence-electron chi connectivity index (χ3n) is 2.60. The highest BCUT2D eigenvalue weighted by molar-refractivity contribution is 7.18. The van der Waals surface area contributed by atoms with E-state index >= 15 is 0 Å². The van der Waals surface area contributed by atoms with Crippen molar-refractivity contribution in [2.75, 3.05) is 5.73 Å². The molecule has 0 saturated carbocycles. The van der Waals surface area contributed by atoms with Crippen LogP contribution in [0.2, 0.25) is 0 Å². The second kappa shape index (κ2) is 4.29. The van der Waals surface area contributed by atoms with E-state index in [0.717, 1.165) is 26.7 Å². The van der Waals surface area contributed by atoms with E-state index in [9.17, 15) is 0 Å². The first-order valence-corrected chi connectivity index (χ1v) is 7.25. The molecule has 18 heavy (non-hydrogen) atoms. The lowest BCUT2D eigenvalue weighted by molar-refractivity contribution is 0.966. The van der Waals surface area contributed by atoms with Crippen molar-refractivity contribution in [2.45, 2.75) is 20.3 Å². The van der Waals surface area contributed by atoms with Crippen LogP contribution in [0.25, 0.3) is 10.2 Å². The number of hydrogen-bond acceptors (Lipinski definition) is 6. The van der Waals surface area contributed by atoms with Gasteiger partial charge < -0.3 is 5.73 Å². The molecule has 92 valence electrons. The minimum atomic E-state index is 0.561. The van der Waals surface area contributed by atoms with Crippen molar-refractivity contribution >= 4 is 38.7 Å². The summed E-state index contributed by atoms with van der Waals surface area (Å²) in [6.07, 6.45) is 0.640. The average Bonchev–Trinajstić information content (AvgIpc) is 2.85. The van der Waals surface area contributed by atoms with Crippen molar-refractivity contribution in [3.8, 4) is 0 Å². The molecule has 0 aliphatic rings. The number of rotatable bonds is 2. The molecule has 3 heterocycles. The van der Waals surface area contributed by atoms with Crippen LogP contribution < -0.4 is 5.73 Å². The molecule has 0 atom stereocenters. The highest BCUT2D eigenvalue weighted by atomic mass is 32.1. The van der Waals surface area contributed by atoms with Gasteiger partial charge in [-0.2, -0.15) is 0 Å². The number of aryl methyl sites for hydroxylation is 2. The zero-order chi connectivity index (χ0) is 12.7. The molecule has 3 aromatic heterocycles. The highest BCUT2D eigenvalue weighted by Crippen LogP contribution is 2.27. The van der Waals surface area contributed by atoms with E-state index < -0.39 is 0 Å². The van der Waals surface area contributed by atoms with Crippen molar-refractivity contribution < 1.29 is 0 Å². The number of aromatic nitrogens is 3. The Hall–Kier alpha value is -1.53. The molecule has 0 fully saturated rings. The smallest absolute Gasteiger partial charge is 0.138 e. The second-order valence-corrected chi connectivity index (χ2v) is 6.43. The first-order chi connectivity index (χ1) is 8.61. The van der Waals surface area contributed by atoms with Crippen molar-refractivity contribution in [3.63, 3.8) is 0 Å². The van der Waals surface area contributed by atoms with Gasteiger partial charge in [0.2, 0.25) is 0 Å². The second-order valence-electron chi connectivity index (χ2n) is 4.14. The van der Waals surface area contributed by atoms with E-state index in [0.29, 0.717) is 12.2 Å². The number of nitrogens with zero attached hydrogens (tertiary/aromatic N) is 3. The number of hydrogen-bond donors (Lipinski definition) is 1. The van der Waals surface area contributed by atoms with E-state index in [-0.39, 0.29) is 0 Å². The van der Waals surface area contributed by atoms with E-state index in [1.165, 1.54) is 4.88 Å². The van der Waals surface area contributed by atoms with Gasteiger partial charge in [0, 0.05) is 10.3 Å². The lowest BCUT2D eigenvalue weighted by Crippen LogP contribution is -2.00. The quantitative estimate of drug-likeness (QED) is 0.781. The molecule has 0 aliphatic heterocycles. The van der Waals surface area contributed by atoms with Crippen LogP contribution in [0.3, 0.4) is 0 Å².